The van der Waals surface area contributed by atoms with E-state index in [4.69, 9.17) is 10.2 Å². The number of thiophene rings is 1. The van der Waals surface area contributed by atoms with Gasteiger partial charge >= 0.3 is 5.69 Å². The molecule has 21 heavy (non-hydrogen) atoms. The highest BCUT2D eigenvalue weighted by Crippen LogP contribution is 2.30. The fourth-order valence-electron chi connectivity index (χ4n) is 2.28. The standard InChI is InChI=1S/C14H15N3O3S/c15-5-1-2-6-17-13(18)11-9(10-4-3-7-20-10)8-21-12(11)16-14(17)19/h3-4,7-8H,1-2,5-6,15H2,(H,16,19). The molecule has 3 heterocycles. The molecule has 0 aliphatic heterocycles. The third-order valence-electron chi connectivity index (χ3n) is 3.34. The highest BCUT2D eigenvalue weighted by Gasteiger charge is 2.16. The van der Waals surface area contributed by atoms with Gasteiger partial charge in [-0.1, -0.05) is 0 Å². The molecule has 7 heteroatoms. The maximum Gasteiger partial charge on any atom is 0.329 e. The molecule has 0 fully saturated rings. The Morgan fingerprint density at radius 1 is 1.33 bits per heavy atom. The first kappa shape index (κ1) is 13.8. The maximum atomic E-state index is 12.6. The Balaban J connectivity index is 2.15. The van der Waals surface area contributed by atoms with Crippen LogP contribution < -0.4 is 17.0 Å². The topological polar surface area (TPSA) is 94.0 Å². The molecule has 0 aliphatic rings. The number of aromatic amines is 1. The fourth-order valence-corrected chi connectivity index (χ4v) is 3.22. The van der Waals surface area contributed by atoms with Crippen LogP contribution in [-0.4, -0.2) is 16.1 Å². The predicted molar refractivity (Wildman–Crippen MR) is 82.7 cm³/mol. The van der Waals surface area contributed by atoms with Gasteiger partial charge in [-0.05, 0) is 31.5 Å². The van der Waals surface area contributed by atoms with E-state index >= 15 is 0 Å². The van der Waals surface area contributed by atoms with Gasteiger partial charge in [-0.3, -0.25) is 14.3 Å². The Kier molecular flexibility index (Phi) is 3.76. The van der Waals surface area contributed by atoms with Gasteiger partial charge in [0.25, 0.3) is 5.56 Å². The summed E-state index contributed by atoms with van der Waals surface area (Å²) in [5, 5.41) is 2.33. The van der Waals surface area contributed by atoms with Gasteiger partial charge in [-0.15, -0.1) is 11.3 Å². The average molecular weight is 305 g/mol. The molecule has 0 atom stereocenters. The van der Waals surface area contributed by atoms with Crippen molar-refractivity contribution in [1.82, 2.24) is 9.55 Å². The van der Waals surface area contributed by atoms with Gasteiger partial charge in [0, 0.05) is 17.5 Å². The van der Waals surface area contributed by atoms with Crippen molar-refractivity contribution in [2.45, 2.75) is 19.4 Å². The number of nitrogens with one attached hydrogen (secondary N) is 1. The molecule has 0 unspecified atom stereocenters. The number of furan rings is 1. The molecular weight excluding hydrogens is 290 g/mol. The summed E-state index contributed by atoms with van der Waals surface area (Å²) in [6.07, 6.45) is 3.04. The van der Waals surface area contributed by atoms with E-state index in [1.54, 1.807) is 18.4 Å². The van der Waals surface area contributed by atoms with Crippen LogP contribution in [-0.2, 0) is 6.54 Å². The zero-order valence-corrected chi connectivity index (χ0v) is 12.1. The fraction of sp³-hybridized carbons (Fsp3) is 0.286. The number of fused-ring (bicyclic) bond motifs is 1. The Bertz CT molecular complexity index is 858. The Morgan fingerprint density at radius 3 is 2.90 bits per heavy atom. The zero-order valence-electron chi connectivity index (χ0n) is 11.3. The van der Waals surface area contributed by atoms with E-state index in [1.165, 1.54) is 15.9 Å². The van der Waals surface area contributed by atoms with Gasteiger partial charge in [-0.25, -0.2) is 4.79 Å². The molecule has 0 saturated heterocycles. The van der Waals surface area contributed by atoms with Crippen LogP contribution in [0.15, 0.2) is 37.8 Å². The molecule has 0 bridgehead atoms. The lowest BCUT2D eigenvalue weighted by molar-refractivity contribution is 0.576. The van der Waals surface area contributed by atoms with Crippen molar-refractivity contribution in [2.75, 3.05) is 6.54 Å². The second-order valence-electron chi connectivity index (χ2n) is 4.71. The van der Waals surface area contributed by atoms with Crippen LogP contribution in [0.5, 0.6) is 0 Å². The van der Waals surface area contributed by atoms with E-state index in [-0.39, 0.29) is 11.2 Å². The zero-order chi connectivity index (χ0) is 14.8. The maximum absolute atomic E-state index is 12.6. The van der Waals surface area contributed by atoms with Gasteiger partial charge in [0.1, 0.15) is 10.6 Å². The Labute approximate surface area is 123 Å². The summed E-state index contributed by atoms with van der Waals surface area (Å²) in [7, 11) is 0. The van der Waals surface area contributed by atoms with E-state index in [2.05, 4.69) is 4.98 Å². The van der Waals surface area contributed by atoms with Crippen molar-refractivity contribution in [1.29, 1.82) is 0 Å². The summed E-state index contributed by atoms with van der Waals surface area (Å²) in [6, 6.07) is 3.56. The first-order valence-corrected chi connectivity index (χ1v) is 7.58. The van der Waals surface area contributed by atoms with Crippen LogP contribution in [0.25, 0.3) is 21.5 Å². The molecule has 0 aliphatic carbocycles. The second-order valence-corrected chi connectivity index (χ2v) is 5.59. The summed E-state index contributed by atoms with van der Waals surface area (Å²) in [6.45, 7) is 0.916. The molecule has 0 aromatic carbocycles. The second kappa shape index (κ2) is 5.71. The third kappa shape index (κ3) is 2.45. The summed E-state index contributed by atoms with van der Waals surface area (Å²) in [5.74, 6) is 0.624. The number of nitrogens with two attached hydrogens (primary N) is 1. The number of hydrogen-bond donors (Lipinski definition) is 2. The normalized spacial score (nSPS) is 11.3. The van der Waals surface area contributed by atoms with Crippen LogP contribution >= 0.6 is 11.3 Å². The SMILES string of the molecule is NCCCCn1c(=O)[nH]c2scc(-c3ccco3)c2c1=O. The lowest BCUT2D eigenvalue weighted by Gasteiger charge is -2.04. The smallest absolute Gasteiger partial charge is 0.329 e. The molecule has 0 radical (unpaired) electrons. The first-order chi connectivity index (χ1) is 10.2. The number of H-pyrrole nitrogens is 1. The minimum atomic E-state index is -0.377. The largest absolute Gasteiger partial charge is 0.464 e. The van der Waals surface area contributed by atoms with Crippen LogP contribution in [0, 0.1) is 0 Å². The van der Waals surface area contributed by atoms with Gasteiger partial charge in [0.05, 0.1) is 11.6 Å². The highest BCUT2D eigenvalue weighted by atomic mass is 32.1. The van der Waals surface area contributed by atoms with E-state index in [0.29, 0.717) is 41.1 Å². The van der Waals surface area contributed by atoms with E-state index < -0.39 is 0 Å². The van der Waals surface area contributed by atoms with Gasteiger partial charge in [0.15, 0.2) is 0 Å². The summed E-state index contributed by atoms with van der Waals surface area (Å²) in [4.78, 5) is 27.9. The predicted octanol–water partition coefficient (Wildman–Crippen LogP) is 1.75. The first-order valence-electron chi connectivity index (χ1n) is 6.70. The quantitative estimate of drug-likeness (QED) is 0.702. The summed E-state index contributed by atoms with van der Waals surface area (Å²) >= 11 is 1.33. The molecule has 6 nitrogen and oxygen atoms in total. The highest BCUT2D eigenvalue weighted by molar-refractivity contribution is 7.17. The number of nitrogens with zero attached hydrogens (tertiary/aromatic N) is 1. The molecule has 0 amide bonds. The van der Waals surface area contributed by atoms with Crippen LogP contribution in [0.1, 0.15) is 12.8 Å². The summed E-state index contributed by atoms with van der Waals surface area (Å²) < 4.78 is 6.59. The molecular formula is C14H15N3O3S. The Morgan fingerprint density at radius 2 is 2.19 bits per heavy atom. The summed E-state index contributed by atoms with van der Waals surface area (Å²) in [5.41, 5.74) is 5.51. The number of rotatable bonds is 5. The van der Waals surface area contributed by atoms with Gasteiger partial charge in [0.2, 0.25) is 0 Å². The van der Waals surface area contributed by atoms with Crippen LogP contribution in [0.2, 0.25) is 0 Å². The average Bonchev–Trinajstić information content (AvgIpc) is 3.10. The number of unbranched alkanes of at least 4 members (excludes halogenated alkanes) is 1. The van der Waals surface area contributed by atoms with Crippen molar-refractivity contribution in [3.05, 3.63) is 44.6 Å². The molecule has 3 aromatic heterocycles. The van der Waals surface area contributed by atoms with E-state index in [0.717, 1.165) is 6.42 Å². The van der Waals surface area contributed by atoms with Crippen LogP contribution in [0.4, 0.5) is 0 Å². The number of aromatic nitrogens is 2. The van der Waals surface area contributed by atoms with Crippen molar-refractivity contribution in [3.63, 3.8) is 0 Å². The number of hydrogen-bond acceptors (Lipinski definition) is 5. The van der Waals surface area contributed by atoms with Crippen molar-refractivity contribution < 1.29 is 4.42 Å². The molecule has 3 rings (SSSR count). The van der Waals surface area contributed by atoms with E-state index in [1.807, 2.05) is 5.38 Å². The van der Waals surface area contributed by atoms with Gasteiger partial charge in [-0.2, -0.15) is 0 Å². The van der Waals surface area contributed by atoms with Crippen molar-refractivity contribution in [2.24, 2.45) is 5.73 Å². The van der Waals surface area contributed by atoms with E-state index in [9.17, 15) is 9.59 Å². The lowest BCUT2D eigenvalue weighted by Crippen LogP contribution is -2.34. The van der Waals surface area contributed by atoms with Crippen LogP contribution in [0.3, 0.4) is 0 Å². The minimum absolute atomic E-state index is 0.279. The molecule has 110 valence electrons. The minimum Gasteiger partial charge on any atom is -0.464 e. The third-order valence-corrected chi connectivity index (χ3v) is 4.23. The molecule has 3 aromatic rings. The lowest BCUT2D eigenvalue weighted by atomic mass is 10.2. The molecule has 0 spiro atoms. The van der Waals surface area contributed by atoms with Gasteiger partial charge < -0.3 is 10.2 Å². The molecule has 0 saturated carbocycles. The molecule has 3 N–H and O–H groups in total. The van der Waals surface area contributed by atoms with Crippen molar-refractivity contribution >= 4 is 21.6 Å². The van der Waals surface area contributed by atoms with Crippen molar-refractivity contribution in [3.8, 4) is 11.3 Å². The monoisotopic (exact) mass is 305 g/mol. The Hall–Kier alpha value is -2.12.